The smallest absolute Gasteiger partial charge is 0.234 e. The SMILES string of the molecule is C[C@@]1(C(=O)Nc2ccc(N3CCOCC3)cn2)CC1(Cl)Cl. The maximum absolute atomic E-state index is 12.2. The topological polar surface area (TPSA) is 54.5 Å². The van der Waals surface area contributed by atoms with Crippen LogP contribution in [0.1, 0.15) is 13.3 Å². The van der Waals surface area contributed by atoms with Crippen molar-refractivity contribution in [3.8, 4) is 0 Å². The lowest BCUT2D eigenvalue weighted by Gasteiger charge is -2.28. The van der Waals surface area contributed by atoms with E-state index >= 15 is 0 Å². The second-order valence-corrected chi connectivity index (χ2v) is 7.15. The molecule has 1 aromatic rings. The minimum atomic E-state index is -0.967. The van der Waals surface area contributed by atoms with Gasteiger partial charge in [0.25, 0.3) is 0 Å². The highest BCUT2D eigenvalue weighted by Gasteiger charge is 2.67. The van der Waals surface area contributed by atoms with Crippen LogP contribution in [-0.2, 0) is 9.53 Å². The van der Waals surface area contributed by atoms with Gasteiger partial charge in [-0.1, -0.05) is 0 Å². The van der Waals surface area contributed by atoms with Gasteiger partial charge in [-0.3, -0.25) is 4.79 Å². The summed E-state index contributed by atoms with van der Waals surface area (Å²) >= 11 is 12.0. The molecule has 0 aromatic carbocycles. The van der Waals surface area contributed by atoms with Crippen LogP contribution >= 0.6 is 23.2 Å². The van der Waals surface area contributed by atoms with Crippen molar-refractivity contribution in [2.45, 2.75) is 17.7 Å². The van der Waals surface area contributed by atoms with Gasteiger partial charge < -0.3 is 15.0 Å². The molecule has 2 heterocycles. The molecule has 2 aliphatic rings. The number of anilines is 2. The van der Waals surface area contributed by atoms with Crippen molar-refractivity contribution in [3.05, 3.63) is 18.3 Å². The van der Waals surface area contributed by atoms with Crippen LogP contribution in [-0.4, -0.2) is 41.5 Å². The van der Waals surface area contributed by atoms with Gasteiger partial charge in [0.05, 0.1) is 30.5 Å². The molecule has 1 saturated heterocycles. The lowest BCUT2D eigenvalue weighted by molar-refractivity contribution is -0.120. The Bertz CT molecular complexity index is 544. The van der Waals surface area contributed by atoms with E-state index in [1.165, 1.54) is 0 Å². The van der Waals surface area contributed by atoms with E-state index in [0.29, 0.717) is 12.2 Å². The molecule has 5 nitrogen and oxygen atoms in total. The molecule has 1 N–H and O–H groups in total. The van der Waals surface area contributed by atoms with E-state index in [0.717, 1.165) is 32.0 Å². The highest BCUT2D eigenvalue weighted by atomic mass is 35.5. The molecule has 114 valence electrons. The van der Waals surface area contributed by atoms with Crippen molar-refractivity contribution >= 4 is 40.6 Å². The lowest BCUT2D eigenvalue weighted by atomic mass is 10.1. The average Bonchev–Trinajstić information content (AvgIpc) is 3.01. The van der Waals surface area contributed by atoms with E-state index in [-0.39, 0.29) is 5.91 Å². The fourth-order valence-electron chi connectivity index (χ4n) is 2.37. The number of rotatable bonds is 3. The maximum Gasteiger partial charge on any atom is 0.234 e. The molecule has 1 aliphatic heterocycles. The first-order valence-electron chi connectivity index (χ1n) is 6.90. The van der Waals surface area contributed by atoms with E-state index in [4.69, 9.17) is 27.9 Å². The molecule has 0 spiro atoms. The van der Waals surface area contributed by atoms with Crippen molar-refractivity contribution in [2.75, 3.05) is 36.5 Å². The summed E-state index contributed by atoms with van der Waals surface area (Å²) in [6, 6.07) is 3.73. The quantitative estimate of drug-likeness (QED) is 0.865. The Morgan fingerprint density at radius 1 is 1.38 bits per heavy atom. The van der Waals surface area contributed by atoms with Crippen molar-refractivity contribution in [2.24, 2.45) is 5.41 Å². The molecular weight excluding hydrogens is 313 g/mol. The normalized spacial score (nSPS) is 27.3. The molecule has 0 radical (unpaired) electrons. The molecule has 2 fully saturated rings. The zero-order valence-corrected chi connectivity index (χ0v) is 13.2. The zero-order chi connectivity index (χ0) is 15.1. The Labute approximate surface area is 133 Å². The predicted molar refractivity (Wildman–Crippen MR) is 83.1 cm³/mol. The summed E-state index contributed by atoms with van der Waals surface area (Å²) in [4.78, 5) is 18.6. The van der Waals surface area contributed by atoms with Crippen LogP contribution in [0.5, 0.6) is 0 Å². The Hall–Kier alpha value is -1.04. The first-order valence-corrected chi connectivity index (χ1v) is 7.66. The van der Waals surface area contributed by atoms with Crippen LogP contribution in [0.2, 0.25) is 0 Å². The summed E-state index contributed by atoms with van der Waals surface area (Å²) < 4.78 is 4.35. The Morgan fingerprint density at radius 3 is 2.57 bits per heavy atom. The van der Waals surface area contributed by atoms with Crippen molar-refractivity contribution < 1.29 is 9.53 Å². The van der Waals surface area contributed by atoms with Crippen LogP contribution in [0.25, 0.3) is 0 Å². The molecular formula is C14H17Cl2N3O2. The summed E-state index contributed by atoms with van der Waals surface area (Å²) in [6.07, 6.45) is 2.21. The summed E-state index contributed by atoms with van der Waals surface area (Å²) in [5.74, 6) is 0.313. The van der Waals surface area contributed by atoms with Gasteiger partial charge in [0, 0.05) is 13.1 Å². The van der Waals surface area contributed by atoms with E-state index in [2.05, 4.69) is 15.2 Å². The maximum atomic E-state index is 12.2. The third kappa shape index (κ3) is 2.82. The number of carbonyl (C=O) groups excluding carboxylic acids is 1. The molecule has 1 amide bonds. The Morgan fingerprint density at radius 2 is 2.05 bits per heavy atom. The minimum Gasteiger partial charge on any atom is -0.378 e. The zero-order valence-electron chi connectivity index (χ0n) is 11.7. The number of halogens is 2. The van der Waals surface area contributed by atoms with Crippen molar-refractivity contribution in [1.29, 1.82) is 0 Å². The number of amides is 1. The molecule has 1 saturated carbocycles. The predicted octanol–water partition coefficient (Wildman–Crippen LogP) is 2.44. The number of morpholine rings is 1. The van der Waals surface area contributed by atoms with E-state index in [9.17, 15) is 4.79 Å². The number of nitrogens with zero attached hydrogens (tertiary/aromatic N) is 2. The molecule has 1 aliphatic carbocycles. The van der Waals surface area contributed by atoms with Gasteiger partial charge in [-0.2, -0.15) is 0 Å². The molecule has 1 aromatic heterocycles. The number of aromatic nitrogens is 1. The number of alkyl halides is 2. The number of hydrogen-bond donors (Lipinski definition) is 1. The fourth-order valence-corrected chi connectivity index (χ4v) is 3.08. The summed E-state index contributed by atoms with van der Waals surface area (Å²) in [6.45, 7) is 4.91. The van der Waals surface area contributed by atoms with E-state index < -0.39 is 9.75 Å². The number of carbonyl (C=O) groups is 1. The van der Waals surface area contributed by atoms with Crippen LogP contribution in [0.3, 0.4) is 0 Å². The van der Waals surface area contributed by atoms with Crippen molar-refractivity contribution in [3.63, 3.8) is 0 Å². The molecule has 7 heteroatoms. The van der Waals surface area contributed by atoms with E-state index in [1.54, 1.807) is 19.2 Å². The Balaban J connectivity index is 1.63. The summed E-state index contributed by atoms with van der Waals surface area (Å²) in [5.41, 5.74) is 0.290. The molecule has 21 heavy (non-hydrogen) atoms. The lowest BCUT2D eigenvalue weighted by Crippen LogP contribution is -2.36. The monoisotopic (exact) mass is 329 g/mol. The van der Waals surface area contributed by atoms with Gasteiger partial charge in [0.2, 0.25) is 5.91 Å². The van der Waals surface area contributed by atoms with Crippen LogP contribution < -0.4 is 10.2 Å². The molecule has 3 rings (SSSR count). The largest absolute Gasteiger partial charge is 0.378 e. The minimum absolute atomic E-state index is 0.195. The molecule has 0 unspecified atom stereocenters. The van der Waals surface area contributed by atoms with Gasteiger partial charge in [0.1, 0.15) is 10.2 Å². The number of pyridine rings is 1. The number of hydrogen-bond acceptors (Lipinski definition) is 4. The average molecular weight is 330 g/mol. The van der Waals surface area contributed by atoms with Crippen LogP contribution in [0.4, 0.5) is 11.5 Å². The van der Waals surface area contributed by atoms with Gasteiger partial charge in [-0.05, 0) is 25.5 Å². The van der Waals surface area contributed by atoms with Crippen LogP contribution in [0.15, 0.2) is 18.3 Å². The number of ether oxygens (including phenoxy) is 1. The molecule has 1 atom stereocenters. The van der Waals surface area contributed by atoms with Gasteiger partial charge in [0.15, 0.2) is 0 Å². The first-order chi connectivity index (χ1) is 9.92. The number of nitrogens with one attached hydrogen (secondary N) is 1. The fraction of sp³-hybridized carbons (Fsp3) is 0.571. The summed E-state index contributed by atoms with van der Waals surface area (Å²) in [5, 5.41) is 2.77. The third-order valence-corrected chi connectivity index (χ3v) is 5.23. The second-order valence-electron chi connectivity index (χ2n) is 5.67. The van der Waals surface area contributed by atoms with Crippen molar-refractivity contribution in [1.82, 2.24) is 4.98 Å². The molecule has 0 bridgehead atoms. The van der Waals surface area contributed by atoms with Gasteiger partial charge >= 0.3 is 0 Å². The van der Waals surface area contributed by atoms with Gasteiger partial charge in [-0.25, -0.2) is 4.98 Å². The first kappa shape index (κ1) is 14.9. The Kier molecular flexibility index (Phi) is 3.76. The van der Waals surface area contributed by atoms with E-state index in [1.807, 2.05) is 6.07 Å². The summed E-state index contributed by atoms with van der Waals surface area (Å²) in [7, 11) is 0. The highest BCUT2D eigenvalue weighted by Crippen LogP contribution is 2.64. The third-order valence-electron chi connectivity index (χ3n) is 4.12. The van der Waals surface area contributed by atoms with Gasteiger partial charge in [-0.15, -0.1) is 23.2 Å². The van der Waals surface area contributed by atoms with Crippen LogP contribution in [0, 0.1) is 5.41 Å². The second kappa shape index (κ2) is 5.30. The standard InChI is InChI=1S/C14H17Cl2N3O2/c1-13(9-14(13,15)16)12(20)18-11-3-2-10(8-17-11)19-4-6-21-7-5-19/h2-3,8H,4-7,9H2,1H3,(H,17,18,20)/t13-/m0/s1. The highest BCUT2D eigenvalue weighted by molar-refractivity contribution is 6.53.